The topological polar surface area (TPSA) is 0 Å². The minimum absolute atomic E-state index is 0.250. The van der Waals surface area contributed by atoms with Gasteiger partial charge in [-0.1, -0.05) is 26.2 Å². The average molecular weight is 346 g/mol. The molecule has 0 saturated carbocycles. The Morgan fingerprint density at radius 2 is 1.70 bits per heavy atom. The van der Waals surface area contributed by atoms with E-state index in [-0.39, 0.29) is 13.2 Å². The standard InChI is InChI=1S/C6H13Cl.2BrH.Zn/c1-2-3-4-5-6-7;;;/h2-6H2,1H3;2*1H;/q;;;+2/p-2. The van der Waals surface area contributed by atoms with Crippen LogP contribution in [0.3, 0.4) is 0 Å². The molecule has 0 aliphatic rings. The fraction of sp³-hybridized carbons (Fsp3) is 1.00. The van der Waals surface area contributed by atoms with Gasteiger partial charge in [0.25, 0.3) is 0 Å². The number of hydrogen-bond acceptors (Lipinski definition) is 0. The van der Waals surface area contributed by atoms with Gasteiger partial charge in [-0.25, -0.2) is 0 Å². The molecule has 0 heterocycles. The van der Waals surface area contributed by atoms with Gasteiger partial charge < -0.3 is 0 Å². The molecular weight excluding hydrogens is 333 g/mol. The third-order valence-electron chi connectivity index (χ3n) is 0.987. The first-order chi connectivity index (χ1) is 4.83. The van der Waals surface area contributed by atoms with Crippen LogP contribution in [0.5, 0.6) is 0 Å². The van der Waals surface area contributed by atoms with Gasteiger partial charge in [-0.2, -0.15) is 0 Å². The molecule has 0 unspecified atom stereocenters. The van der Waals surface area contributed by atoms with Crippen molar-refractivity contribution in [2.24, 2.45) is 0 Å². The van der Waals surface area contributed by atoms with E-state index in [9.17, 15) is 0 Å². The Hall–Kier alpha value is 1.87. The molecule has 0 fully saturated rings. The molecule has 4 heteroatoms. The Kier molecular flexibility index (Phi) is 24.6. The zero-order chi connectivity index (χ0) is 8.24. The van der Waals surface area contributed by atoms with Crippen molar-refractivity contribution in [1.82, 2.24) is 0 Å². The van der Waals surface area contributed by atoms with Crippen molar-refractivity contribution in [2.75, 3.05) is 5.88 Å². The Labute approximate surface area is 89.8 Å². The molecule has 0 aromatic heterocycles. The molecule has 0 amide bonds. The van der Waals surface area contributed by atoms with Gasteiger partial charge >= 0.3 is 40.5 Å². The Bertz CT molecular complexity index is 42.7. The van der Waals surface area contributed by atoms with Crippen LogP contribution in [0.4, 0.5) is 0 Å². The molecule has 0 aromatic carbocycles. The number of rotatable bonds is 4. The molecule has 60 valence electrons. The summed E-state index contributed by atoms with van der Waals surface area (Å²) in [5.74, 6) is 0.833. The zero-order valence-corrected chi connectivity index (χ0v) is 13.3. The maximum atomic E-state index is 5.44. The fourth-order valence-electron chi connectivity index (χ4n) is 0.521. The van der Waals surface area contributed by atoms with E-state index >= 15 is 0 Å². The van der Waals surface area contributed by atoms with Crippen LogP contribution in [0.1, 0.15) is 32.6 Å². The first-order valence-corrected chi connectivity index (χ1v) is 17.9. The summed E-state index contributed by atoms with van der Waals surface area (Å²) in [6, 6.07) is 0. The Morgan fingerprint density at radius 1 is 1.20 bits per heavy atom. The quantitative estimate of drug-likeness (QED) is 0.400. The third kappa shape index (κ3) is 22.5. The first kappa shape index (κ1) is 14.4. The molecule has 0 radical (unpaired) electrons. The predicted molar refractivity (Wildman–Crippen MR) is 52.7 cm³/mol. The zero-order valence-electron chi connectivity index (χ0n) is 6.38. The van der Waals surface area contributed by atoms with Gasteiger partial charge in [-0.05, 0) is 6.42 Å². The second-order valence-corrected chi connectivity index (χ2v) is 16.3. The van der Waals surface area contributed by atoms with E-state index in [4.69, 9.17) is 11.6 Å². The molecule has 0 aliphatic heterocycles. The van der Waals surface area contributed by atoms with Crippen molar-refractivity contribution in [3.8, 4) is 0 Å². The number of unbranched alkanes of at least 4 members (excludes halogenated alkanes) is 3. The molecule has 0 N–H and O–H groups in total. The van der Waals surface area contributed by atoms with E-state index in [1.807, 2.05) is 0 Å². The van der Waals surface area contributed by atoms with Gasteiger partial charge in [0.15, 0.2) is 0 Å². The maximum absolute atomic E-state index is 5.44. The van der Waals surface area contributed by atoms with Crippen LogP contribution < -0.4 is 0 Å². The summed E-state index contributed by atoms with van der Waals surface area (Å²) in [7, 11) is 0. The van der Waals surface area contributed by atoms with E-state index in [1.54, 1.807) is 0 Å². The van der Waals surface area contributed by atoms with E-state index in [1.165, 1.54) is 25.7 Å². The fourth-order valence-corrected chi connectivity index (χ4v) is 0.710. The van der Waals surface area contributed by atoms with Gasteiger partial charge in [-0.3, -0.25) is 0 Å². The summed E-state index contributed by atoms with van der Waals surface area (Å²) in [4.78, 5) is 0. The predicted octanol–water partition coefficient (Wildman–Crippen LogP) is 4.49. The summed E-state index contributed by atoms with van der Waals surface area (Å²) in [6.45, 7) is 2.20. The Balaban J connectivity index is 0. The molecule has 0 aromatic rings. The van der Waals surface area contributed by atoms with Crippen LogP contribution >= 0.6 is 38.8 Å². The summed E-state index contributed by atoms with van der Waals surface area (Å²) in [5, 5.41) is 0. The summed E-state index contributed by atoms with van der Waals surface area (Å²) >= 11 is 11.7. The van der Waals surface area contributed by atoms with Gasteiger partial charge in [0.2, 0.25) is 0 Å². The average Bonchev–Trinajstić information content (AvgIpc) is 1.91. The van der Waals surface area contributed by atoms with E-state index in [0.717, 1.165) is 5.88 Å². The molecule has 10 heavy (non-hydrogen) atoms. The van der Waals surface area contributed by atoms with Crippen LogP contribution in [0.15, 0.2) is 0 Å². The number of alkyl halides is 1. The van der Waals surface area contributed by atoms with Crippen molar-refractivity contribution in [2.45, 2.75) is 32.6 Å². The second kappa shape index (κ2) is 17.1. The van der Waals surface area contributed by atoms with Gasteiger partial charge in [0.1, 0.15) is 0 Å². The van der Waals surface area contributed by atoms with Gasteiger partial charge in [0.05, 0.1) is 0 Å². The summed E-state index contributed by atoms with van der Waals surface area (Å²) in [6.07, 6.45) is 5.14. The van der Waals surface area contributed by atoms with Crippen molar-refractivity contribution in [1.29, 1.82) is 0 Å². The summed E-state index contributed by atoms with van der Waals surface area (Å²) < 4.78 is 0. The van der Waals surface area contributed by atoms with Crippen LogP contribution in [-0.4, -0.2) is 5.88 Å². The summed E-state index contributed by atoms with van der Waals surface area (Å²) in [5.41, 5.74) is 0. The van der Waals surface area contributed by atoms with Gasteiger partial charge in [0, 0.05) is 5.88 Å². The monoisotopic (exact) mass is 342 g/mol. The van der Waals surface area contributed by atoms with Crippen LogP contribution in [0, 0.1) is 0 Å². The Morgan fingerprint density at radius 3 is 2.00 bits per heavy atom. The molecule has 0 bridgehead atoms. The molecule has 0 nitrogen and oxygen atoms in total. The van der Waals surface area contributed by atoms with E-state index < -0.39 is 0 Å². The second-order valence-electron chi connectivity index (χ2n) is 1.85. The van der Waals surface area contributed by atoms with Crippen molar-refractivity contribution in [3.05, 3.63) is 0 Å². The van der Waals surface area contributed by atoms with Gasteiger partial charge in [-0.15, -0.1) is 11.6 Å². The van der Waals surface area contributed by atoms with Crippen LogP contribution in [-0.2, 0) is 13.2 Å². The van der Waals surface area contributed by atoms with Crippen molar-refractivity contribution < 1.29 is 13.2 Å². The SMILES string of the molecule is CCCCCCCl.[Br][Zn][Br]. The molecular formula is C6H13Br2ClZn. The van der Waals surface area contributed by atoms with Crippen molar-refractivity contribution >= 4 is 38.8 Å². The normalized spacial score (nSPS) is 7.60. The van der Waals surface area contributed by atoms with Crippen molar-refractivity contribution in [3.63, 3.8) is 0 Å². The van der Waals surface area contributed by atoms with Crippen LogP contribution in [0.25, 0.3) is 0 Å². The van der Waals surface area contributed by atoms with E-state index in [0.29, 0.717) is 0 Å². The third-order valence-corrected chi connectivity index (χ3v) is 1.25. The van der Waals surface area contributed by atoms with Crippen LogP contribution in [0.2, 0.25) is 0 Å². The molecule has 0 atom stereocenters. The first-order valence-electron chi connectivity index (χ1n) is 3.51. The number of halogens is 3. The molecule has 0 rings (SSSR count). The molecule has 0 spiro atoms. The van der Waals surface area contributed by atoms with E-state index in [2.05, 4.69) is 34.2 Å². The number of hydrogen-bond donors (Lipinski definition) is 0. The molecule has 0 saturated heterocycles. The molecule has 0 aliphatic carbocycles. The minimum atomic E-state index is -0.250.